The van der Waals surface area contributed by atoms with Crippen molar-refractivity contribution in [3.05, 3.63) is 38.9 Å². The van der Waals surface area contributed by atoms with Crippen LogP contribution < -0.4 is 10.0 Å². The topological polar surface area (TPSA) is 71.3 Å². The molecule has 8 heteroatoms. The Balaban J connectivity index is 2.10. The normalized spacial score (nSPS) is 11.9. The maximum absolute atomic E-state index is 12.2. The summed E-state index contributed by atoms with van der Waals surface area (Å²) in [6.45, 7) is 3.53. The molecule has 110 valence electrons. The van der Waals surface area contributed by atoms with Crippen molar-refractivity contribution in [2.75, 3.05) is 6.54 Å². The van der Waals surface area contributed by atoms with Crippen molar-refractivity contribution < 1.29 is 12.8 Å². The van der Waals surface area contributed by atoms with Crippen LogP contribution in [0.2, 0.25) is 0 Å². The highest BCUT2D eigenvalue weighted by molar-refractivity contribution is 9.10. The number of rotatable bonds is 7. The molecule has 2 rings (SSSR count). The quantitative estimate of drug-likeness (QED) is 0.776. The Morgan fingerprint density at radius 1 is 1.40 bits per heavy atom. The third kappa shape index (κ3) is 3.92. The molecule has 2 aromatic heterocycles. The van der Waals surface area contributed by atoms with E-state index in [4.69, 9.17) is 4.42 Å². The Labute approximate surface area is 130 Å². The summed E-state index contributed by atoms with van der Waals surface area (Å²) in [7, 11) is -3.58. The van der Waals surface area contributed by atoms with Crippen LogP contribution in [0, 0.1) is 0 Å². The molecular formula is C12H15BrN2O3S2. The van der Waals surface area contributed by atoms with Gasteiger partial charge in [0.25, 0.3) is 0 Å². The van der Waals surface area contributed by atoms with Crippen molar-refractivity contribution >= 4 is 37.3 Å². The van der Waals surface area contributed by atoms with Gasteiger partial charge in [0, 0.05) is 17.5 Å². The van der Waals surface area contributed by atoms with E-state index in [2.05, 4.69) is 26.0 Å². The average Bonchev–Trinajstić information content (AvgIpc) is 3.03. The molecule has 2 N–H and O–H groups in total. The van der Waals surface area contributed by atoms with Gasteiger partial charge >= 0.3 is 0 Å². The van der Waals surface area contributed by atoms with Crippen molar-refractivity contribution in [2.45, 2.75) is 24.9 Å². The van der Waals surface area contributed by atoms with Crippen LogP contribution in [0.25, 0.3) is 0 Å². The van der Waals surface area contributed by atoms with Crippen LogP contribution in [0.4, 0.5) is 0 Å². The maximum Gasteiger partial charge on any atom is 0.245 e. The first-order valence-electron chi connectivity index (χ1n) is 6.04. The standard InChI is InChI=1S/C12H15BrN2O3S2/c1-2-14-7-9-6-11(12(13)18-9)20(16,17)15-8-10-4-3-5-19-10/h3-6,14-15H,2,7-8H2,1H3. The first-order valence-corrected chi connectivity index (χ1v) is 9.19. The maximum atomic E-state index is 12.2. The predicted octanol–water partition coefficient (Wildman–Crippen LogP) is 2.69. The highest BCUT2D eigenvalue weighted by Gasteiger charge is 2.22. The largest absolute Gasteiger partial charge is 0.452 e. The van der Waals surface area contributed by atoms with Crippen LogP contribution in [-0.2, 0) is 23.1 Å². The summed E-state index contributed by atoms with van der Waals surface area (Å²) >= 11 is 4.66. The summed E-state index contributed by atoms with van der Waals surface area (Å²) in [6.07, 6.45) is 0. The smallest absolute Gasteiger partial charge is 0.245 e. The third-order valence-corrected chi connectivity index (χ3v) is 5.70. The van der Waals surface area contributed by atoms with E-state index in [1.807, 2.05) is 24.4 Å². The second kappa shape index (κ2) is 6.86. The number of thiophene rings is 1. The minimum absolute atomic E-state index is 0.127. The molecule has 0 unspecified atom stereocenters. The molecule has 0 radical (unpaired) electrons. The lowest BCUT2D eigenvalue weighted by Crippen LogP contribution is -2.22. The molecule has 2 aromatic rings. The molecule has 0 spiro atoms. The van der Waals surface area contributed by atoms with Gasteiger partial charge in [-0.15, -0.1) is 11.3 Å². The van der Waals surface area contributed by atoms with Gasteiger partial charge in [0.2, 0.25) is 10.0 Å². The van der Waals surface area contributed by atoms with Gasteiger partial charge in [-0.25, -0.2) is 13.1 Å². The molecule has 2 heterocycles. The lowest BCUT2D eigenvalue weighted by Gasteiger charge is -2.03. The minimum Gasteiger partial charge on any atom is -0.452 e. The van der Waals surface area contributed by atoms with Crippen molar-refractivity contribution in [1.29, 1.82) is 0 Å². The summed E-state index contributed by atoms with van der Waals surface area (Å²) in [5.74, 6) is 0.579. The summed E-state index contributed by atoms with van der Waals surface area (Å²) in [5.41, 5.74) is 0. The van der Waals surface area contributed by atoms with Gasteiger partial charge in [0.05, 0.1) is 6.54 Å². The van der Waals surface area contributed by atoms with Gasteiger partial charge in [-0.2, -0.15) is 0 Å². The average molecular weight is 379 g/mol. The van der Waals surface area contributed by atoms with E-state index in [0.717, 1.165) is 11.4 Å². The summed E-state index contributed by atoms with van der Waals surface area (Å²) in [4.78, 5) is 1.09. The second-order valence-electron chi connectivity index (χ2n) is 4.03. The van der Waals surface area contributed by atoms with Crippen molar-refractivity contribution in [1.82, 2.24) is 10.0 Å². The number of hydrogen-bond donors (Lipinski definition) is 2. The molecule has 0 saturated heterocycles. The van der Waals surface area contributed by atoms with Gasteiger partial charge in [0.15, 0.2) is 4.67 Å². The van der Waals surface area contributed by atoms with E-state index in [-0.39, 0.29) is 16.1 Å². The molecule has 0 aliphatic rings. The van der Waals surface area contributed by atoms with Gasteiger partial charge in [0.1, 0.15) is 10.7 Å². The van der Waals surface area contributed by atoms with Crippen LogP contribution in [0.15, 0.2) is 37.6 Å². The van der Waals surface area contributed by atoms with Gasteiger partial charge in [-0.1, -0.05) is 13.0 Å². The van der Waals surface area contributed by atoms with E-state index in [1.165, 1.54) is 17.4 Å². The van der Waals surface area contributed by atoms with E-state index >= 15 is 0 Å². The number of hydrogen-bond acceptors (Lipinski definition) is 5. The van der Waals surface area contributed by atoms with Crippen LogP contribution >= 0.6 is 27.3 Å². The first kappa shape index (κ1) is 15.7. The Kier molecular flexibility index (Phi) is 5.39. The molecule has 5 nitrogen and oxygen atoms in total. The van der Waals surface area contributed by atoms with Crippen LogP contribution in [0.3, 0.4) is 0 Å². The van der Waals surface area contributed by atoms with Gasteiger partial charge in [-0.3, -0.25) is 0 Å². The number of sulfonamides is 1. The fourth-order valence-corrected chi connectivity index (χ4v) is 4.31. The lowest BCUT2D eigenvalue weighted by atomic mass is 10.4. The van der Waals surface area contributed by atoms with Crippen molar-refractivity contribution in [2.24, 2.45) is 0 Å². The van der Waals surface area contributed by atoms with E-state index in [0.29, 0.717) is 12.3 Å². The molecule has 0 aliphatic carbocycles. The van der Waals surface area contributed by atoms with Gasteiger partial charge < -0.3 is 9.73 Å². The molecule has 0 fully saturated rings. The van der Waals surface area contributed by atoms with Crippen molar-refractivity contribution in [3.8, 4) is 0 Å². The van der Waals surface area contributed by atoms with Crippen LogP contribution in [0.5, 0.6) is 0 Å². The summed E-state index contributed by atoms with van der Waals surface area (Å²) in [6, 6.07) is 5.30. The van der Waals surface area contributed by atoms with E-state index in [9.17, 15) is 8.42 Å². The third-order valence-electron chi connectivity index (χ3n) is 2.56. The lowest BCUT2D eigenvalue weighted by molar-refractivity contribution is 0.464. The zero-order valence-electron chi connectivity index (χ0n) is 10.8. The number of nitrogens with one attached hydrogen (secondary N) is 2. The molecule has 0 aliphatic heterocycles. The summed E-state index contributed by atoms with van der Waals surface area (Å²) in [5, 5.41) is 4.99. The Morgan fingerprint density at radius 3 is 2.85 bits per heavy atom. The van der Waals surface area contributed by atoms with E-state index in [1.54, 1.807) is 0 Å². The molecule has 0 bridgehead atoms. The molecule has 0 aromatic carbocycles. The summed E-state index contributed by atoms with van der Waals surface area (Å²) < 4.78 is 32.6. The molecule has 0 amide bonds. The Morgan fingerprint density at radius 2 is 2.20 bits per heavy atom. The Bertz CT molecular complexity index is 650. The predicted molar refractivity (Wildman–Crippen MR) is 82.1 cm³/mol. The molecule has 0 saturated carbocycles. The number of furan rings is 1. The zero-order chi connectivity index (χ0) is 14.6. The zero-order valence-corrected chi connectivity index (χ0v) is 14.1. The fraction of sp³-hybridized carbons (Fsp3) is 0.333. The monoisotopic (exact) mass is 378 g/mol. The first-order chi connectivity index (χ1) is 9.53. The fourth-order valence-electron chi connectivity index (χ4n) is 1.57. The minimum atomic E-state index is -3.58. The van der Waals surface area contributed by atoms with E-state index < -0.39 is 10.0 Å². The molecular weight excluding hydrogens is 364 g/mol. The van der Waals surface area contributed by atoms with Crippen molar-refractivity contribution in [3.63, 3.8) is 0 Å². The van der Waals surface area contributed by atoms with Gasteiger partial charge in [-0.05, 0) is 33.9 Å². The van der Waals surface area contributed by atoms with Crippen LogP contribution in [-0.4, -0.2) is 15.0 Å². The molecule has 0 atom stereocenters. The SMILES string of the molecule is CCNCc1cc(S(=O)(=O)NCc2cccs2)c(Br)o1. The second-order valence-corrected chi connectivity index (χ2v) is 7.52. The highest BCUT2D eigenvalue weighted by atomic mass is 79.9. The Hall–Kier alpha value is -0.670. The number of halogens is 1. The van der Waals surface area contributed by atoms with Crippen LogP contribution in [0.1, 0.15) is 17.6 Å². The highest BCUT2D eigenvalue weighted by Crippen LogP contribution is 2.26. The molecule has 20 heavy (non-hydrogen) atoms.